The zero-order chi connectivity index (χ0) is 24.7. The van der Waals surface area contributed by atoms with E-state index in [9.17, 15) is 14.4 Å². The van der Waals surface area contributed by atoms with Gasteiger partial charge < -0.3 is 24.6 Å². The van der Waals surface area contributed by atoms with E-state index in [4.69, 9.17) is 9.47 Å². The van der Waals surface area contributed by atoms with Crippen LogP contribution in [-0.4, -0.2) is 90.9 Å². The van der Waals surface area contributed by atoms with Crippen molar-refractivity contribution >= 4 is 23.7 Å². The molecule has 2 aliphatic heterocycles. The van der Waals surface area contributed by atoms with E-state index in [-0.39, 0.29) is 12.1 Å². The van der Waals surface area contributed by atoms with Gasteiger partial charge in [0, 0.05) is 56.8 Å². The standard InChI is InChI=1S/C24H37N5O5/c1-18(21(30)33-17-34-22(31)24(2,3)4)29-11-5-6-19(16-29)26-23(32)28-14-12-27(13-15-28)20-7-9-25-10-8-20/h7-10,18-19H,5-6,11-17H2,1-4H3,(H,26,32). The van der Waals surface area contributed by atoms with Gasteiger partial charge in [0.15, 0.2) is 0 Å². The number of carbonyl (C=O) groups is 3. The first kappa shape index (κ1) is 25.7. The molecular weight excluding hydrogens is 438 g/mol. The minimum absolute atomic E-state index is 0.0338. The number of amides is 2. The first-order chi connectivity index (χ1) is 16.1. The highest BCUT2D eigenvalue weighted by Gasteiger charge is 2.31. The van der Waals surface area contributed by atoms with Crippen LogP contribution >= 0.6 is 0 Å². The molecule has 3 rings (SSSR count). The van der Waals surface area contributed by atoms with Crippen LogP contribution in [0.1, 0.15) is 40.5 Å². The third-order valence-electron chi connectivity index (χ3n) is 6.27. The number of hydrogen-bond acceptors (Lipinski definition) is 8. The summed E-state index contributed by atoms with van der Waals surface area (Å²) in [6.45, 7) is 10.8. The fourth-order valence-electron chi connectivity index (χ4n) is 4.09. The number of piperazine rings is 1. The second-order valence-electron chi connectivity index (χ2n) is 9.90. The number of ether oxygens (including phenoxy) is 2. The molecule has 2 fully saturated rings. The number of piperidine rings is 1. The molecule has 3 heterocycles. The zero-order valence-electron chi connectivity index (χ0n) is 20.7. The number of pyridine rings is 1. The normalized spacial score (nSPS) is 20.4. The van der Waals surface area contributed by atoms with Crippen LogP contribution < -0.4 is 10.2 Å². The van der Waals surface area contributed by atoms with Gasteiger partial charge in [0.2, 0.25) is 6.79 Å². The van der Waals surface area contributed by atoms with Crippen molar-refractivity contribution in [1.82, 2.24) is 20.1 Å². The van der Waals surface area contributed by atoms with E-state index in [1.807, 2.05) is 21.9 Å². The molecule has 2 amide bonds. The average Bonchev–Trinajstić information content (AvgIpc) is 2.83. The summed E-state index contributed by atoms with van der Waals surface area (Å²) >= 11 is 0. The Bertz CT molecular complexity index is 836. The number of nitrogens with one attached hydrogen (secondary N) is 1. The number of esters is 2. The van der Waals surface area contributed by atoms with Gasteiger partial charge in [0.05, 0.1) is 5.41 Å². The second kappa shape index (κ2) is 11.5. The Kier molecular flexibility index (Phi) is 8.71. The highest BCUT2D eigenvalue weighted by atomic mass is 16.7. The van der Waals surface area contributed by atoms with Crippen molar-refractivity contribution in [3.05, 3.63) is 24.5 Å². The predicted molar refractivity (Wildman–Crippen MR) is 127 cm³/mol. The number of rotatable bonds is 6. The maximum absolute atomic E-state index is 12.8. The highest BCUT2D eigenvalue weighted by Crippen LogP contribution is 2.18. The number of urea groups is 1. The summed E-state index contributed by atoms with van der Waals surface area (Å²) in [6, 6.07) is 3.37. The van der Waals surface area contributed by atoms with Crippen molar-refractivity contribution in [3.63, 3.8) is 0 Å². The topological polar surface area (TPSA) is 104 Å². The van der Waals surface area contributed by atoms with Gasteiger partial charge in [-0.2, -0.15) is 0 Å². The molecule has 0 aliphatic carbocycles. The third-order valence-corrected chi connectivity index (χ3v) is 6.27. The van der Waals surface area contributed by atoms with Crippen molar-refractivity contribution in [2.24, 2.45) is 5.41 Å². The van der Waals surface area contributed by atoms with Crippen molar-refractivity contribution in [2.75, 3.05) is 51.0 Å². The Morgan fingerprint density at radius 2 is 1.76 bits per heavy atom. The van der Waals surface area contributed by atoms with Gasteiger partial charge in [-0.05, 0) is 59.2 Å². The molecule has 0 saturated carbocycles. The fraction of sp³-hybridized carbons (Fsp3) is 0.667. The van der Waals surface area contributed by atoms with E-state index in [0.717, 1.165) is 38.2 Å². The predicted octanol–water partition coefficient (Wildman–Crippen LogP) is 1.86. The summed E-state index contributed by atoms with van der Waals surface area (Å²) in [5, 5.41) is 3.14. The van der Waals surface area contributed by atoms with Crippen molar-refractivity contribution in [1.29, 1.82) is 0 Å². The monoisotopic (exact) mass is 475 g/mol. The quantitative estimate of drug-likeness (QED) is 0.491. The Morgan fingerprint density at radius 1 is 1.09 bits per heavy atom. The molecule has 1 aromatic heterocycles. The Hall–Kier alpha value is -2.88. The fourth-order valence-corrected chi connectivity index (χ4v) is 4.09. The van der Waals surface area contributed by atoms with Gasteiger partial charge in [0.1, 0.15) is 6.04 Å². The van der Waals surface area contributed by atoms with Crippen LogP contribution in [0.25, 0.3) is 0 Å². The molecule has 0 bridgehead atoms. The Balaban J connectivity index is 1.41. The summed E-state index contributed by atoms with van der Waals surface area (Å²) in [5.41, 5.74) is 0.467. The van der Waals surface area contributed by atoms with Crippen LogP contribution in [0.4, 0.5) is 10.5 Å². The first-order valence-corrected chi connectivity index (χ1v) is 11.9. The van der Waals surface area contributed by atoms with Crippen molar-refractivity contribution in [3.8, 4) is 0 Å². The van der Waals surface area contributed by atoms with Crippen LogP contribution in [0.15, 0.2) is 24.5 Å². The molecule has 1 aromatic rings. The van der Waals surface area contributed by atoms with E-state index < -0.39 is 30.2 Å². The zero-order valence-corrected chi connectivity index (χ0v) is 20.7. The molecule has 0 radical (unpaired) electrons. The molecule has 2 unspecified atom stereocenters. The molecule has 10 heteroatoms. The summed E-state index contributed by atoms with van der Waals surface area (Å²) < 4.78 is 10.2. The number of likely N-dealkylation sites (tertiary alicyclic amines) is 1. The number of anilines is 1. The number of nitrogens with zero attached hydrogens (tertiary/aromatic N) is 4. The molecule has 0 aromatic carbocycles. The molecule has 10 nitrogen and oxygen atoms in total. The van der Waals surface area contributed by atoms with Crippen molar-refractivity contribution in [2.45, 2.75) is 52.6 Å². The summed E-state index contributed by atoms with van der Waals surface area (Å²) in [6.07, 6.45) is 5.29. The number of aromatic nitrogens is 1. The Labute approximate surface area is 201 Å². The average molecular weight is 476 g/mol. The second-order valence-corrected chi connectivity index (χ2v) is 9.90. The maximum Gasteiger partial charge on any atom is 0.325 e. The molecule has 2 saturated heterocycles. The van der Waals surface area contributed by atoms with Gasteiger partial charge in [-0.15, -0.1) is 0 Å². The molecule has 2 atom stereocenters. The van der Waals surface area contributed by atoms with Crippen molar-refractivity contribution < 1.29 is 23.9 Å². The van der Waals surface area contributed by atoms with Crippen LogP contribution in [0.2, 0.25) is 0 Å². The van der Waals surface area contributed by atoms with Gasteiger partial charge in [0.25, 0.3) is 0 Å². The van der Waals surface area contributed by atoms with Crippen LogP contribution in [0.5, 0.6) is 0 Å². The van der Waals surface area contributed by atoms with E-state index in [1.54, 1.807) is 40.1 Å². The van der Waals surface area contributed by atoms with Crippen LogP contribution in [0, 0.1) is 5.41 Å². The van der Waals surface area contributed by atoms with Crippen LogP contribution in [0.3, 0.4) is 0 Å². The lowest BCUT2D eigenvalue weighted by Crippen LogP contribution is -2.57. The molecule has 34 heavy (non-hydrogen) atoms. The minimum atomic E-state index is -0.651. The summed E-state index contributed by atoms with van der Waals surface area (Å²) in [4.78, 5) is 47.2. The van der Waals surface area contributed by atoms with E-state index in [0.29, 0.717) is 19.6 Å². The van der Waals surface area contributed by atoms with E-state index >= 15 is 0 Å². The summed E-state index contributed by atoms with van der Waals surface area (Å²) in [7, 11) is 0. The van der Waals surface area contributed by atoms with Gasteiger partial charge in [-0.1, -0.05) is 0 Å². The van der Waals surface area contributed by atoms with E-state index in [1.165, 1.54) is 0 Å². The number of carbonyl (C=O) groups excluding carboxylic acids is 3. The lowest BCUT2D eigenvalue weighted by Gasteiger charge is -2.39. The largest absolute Gasteiger partial charge is 0.427 e. The van der Waals surface area contributed by atoms with E-state index in [2.05, 4.69) is 15.2 Å². The minimum Gasteiger partial charge on any atom is -0.427 e. The molecule has 0 spiro atoms. The summed E-state index contributed by atoms with van der Waals surface area (Å²) in [5.74, 6) is -0.865. The number of hydrogen-bond donors (Lipinski definition) is 1. The lowest BCUT2D eigenvalue weighted by atomic mass is 9.98. The van der Waals surface area contributed by atoms with Gasteiger partial charge in [-0.25, -0.2) is 4.79 Å². The van der Waals surface area contributed by atoms with Gasteiger partial charge in [-0.3, -0.25) is 19.5 Å². The Morgan fingerprint density at radius 3 is 2.41 bits per heavy atom. The molecule has 2 aliphatic rings. The van der Waals surface area contributed by atoms with Gasteiger partial charge >= 0.3 is 18.0 Å². The molecular formula is C24H37N5O5. The maximum atomic E-state index is 12.8. The van der Waals surface area contributed by atoms with Crippen LogP contribution in [-0.2, 0) is 19.1 Å². The first-order valence-electron chi connectivity index (χ1n) is 11.9. The SMILES string of the molecule is CC(C(=O)OCOC(=O)C(C)(C)C)N1CCCC(NC(=O)N2CCN(c3ccncc3)CC2)C1. The smallest absolute Gasteiger partial charge is 0.325 e. The molecule has 188 valence electrons. The lowest BCUT2D eigenvalue weighted by molar-refractivity contribution is -0.176. The molecule has 1 N–H and O–H groups in total. The third kappa shape index (κ3) is 7.06. The highest BCUT2D eigenvalue weighted by molar-refractivity contribution is 5.77.